The van der Waals surface area contributed by atoms with Gasteiger partial charge in [-0.25, -0.2) is 21.8 Å². The number of aromatic nitrogens is 4. The summed E-state index contributed by atoms with van der Waals surface area (Å²) >= 11 is 1.31. The van der Waals surface area contributed by atoms with Crippen LogP contribution < -0.4 is 15.6 Å². The first-order valence-electron chi connectivity index (χ1n) is 15.5. The van der Waals surface area contributed by atoms with Crippen LogP contribution in [0.15, 0.2) is 69.8 Å². The fourth-order valence-corrected chi connectivity index (χ4v) is 8.60. The molecule has 0 unspecified atom stereocenters. The average Bonchev–Trinajstić information content (AvgIpc) is 3.70. The lowest BCUT2D eigenvalue weighted by Crippen LogP contribution is -2.33. The standard InChI is InChI=1S/C34H36N6O4S2/c1-5-14-38-15-10-23(11-16-38)26-20-29(44-4)28(19-22(26)3)36-34-37-31-25(32-35-27-13-18-45-30(27)33(41)40(32)34)12-17-39(31)46(42,43)24-8-6-21(2)7-9-24/h6-9,12-13,17-20,23H,5,10-11,14-16H2,1-4H3,(H,36,37). The molecule has 0 atom stereocenters. The van der Waals surface area contributed by atoms with Gasteiger partial charge in [-0.2, -0.15) is 4.98 Å². The molecule has 0 spiro atoms. The van der Waals surface area contributed by atoms with Gasteiger partial charge in [0, 0.05) is 6.20 Å². The molecule has 4 aromatic heterocycles. The molecule has 0 radical (unpaired) electrons. The lowest BCUT2D eigenvalue weighted by Gasteiger charge is -2.33. The van der Waals surface area contributed by atoms with Crippen LogP contribution in [0, 0.1) is 13.8 Å². The van der Waals surface area contributed by atoms with Crippen molar-refractivity contribution in [2.75, 3.05) is 32.1 Å². The van der Waals surface area contributed by atoms with Crippen molar-refractivity contribution in [3.8, 4) is 5.75 Å². The van der Waals surface area contributed by atoms with E-state index in [9.17, 15) is 13.2 Å². The topological polar surface area (TPSA) is 111 Å². The molecule has 0 aliphatic carbocycles. The van der Waals surface area contributed by atoms with Crippen LogP contribution in [0.5, 0.6) is 5.75 Å². The predicted molar refractivity (Wildman–Crippen MR) is 184 cm³/mol. The fraction of sp³-hybridized carbons (Fsp3) is 0.324. The molecule has 1 fully saturated rings. The van der Waals surface area contributed by atoms with Crippen LogP contribution >= 0.6 is 11.3 Å². The quantitative estimate of drug-likeness (QED) is 0.199. The predicted octanol–water partition coefficient (Wildman–Crippen LogP) is 6.45. The Morgan fingerprint density at radius 3 is 2.50 bits per heavy atom. The maximum Gasteiger partial charge on any atom is 0.278 e. The number of thiophene rings is 1. The third kappa shape index (κ3) is 5.14. The third-order valence-electron chi connectivity index (χ3n) is 8.95. The van der Waals surface area contributed by atoms with Gasteiger partial charge >= 0.3 is 0 Å². The molecule has 1 N–H and O–H groups in total. The minimum Gasteiger partial charge on any atom is -0.495 e. The van der Waals surface area contributed by atoms with Gasteiger partial charge in [-0.3, -0.25) is 4.79 Å². The summed E-state index contributed by atoms with van der Waals surface area (Å²) in [5.41, 5.74) is 4.68. The number of benzene rings is 2. The van der Waals surface area contributed by atoms with E-state index in [0.29, 0.717) is 38.6 Å². The summed E-state index contributed by atoms with van der Waals surface area (Å²) in [4.78, 5) is 26.2. The smallest absolute Gasteiger partial charge is 0.278 e. The van der Waals surface area contributed by atoms with Crippen molar-refractivity contribution in [1.82, 2.24) is 23.2 Å². The molecule has 1 aliphatic heterocycles. The summed E-state index contributed by atoms with van der Waals surface area (Å²) in [5, 5.41) is 5.61. The molecular formula is C34H36N6O4S2. The molecule has 10 nitrogen and oxygen atoms in total. The number of hydrogen-bond acceptors (Lipinski definition) is 9. The average molecular weight is 657 g/mol. The number of hydrogen-bond donors (Lipinski definition) is 1. The summed E-state index contributed by atoms with van der Waals surface area (Å²) < 4.78 is 36.6. The Kier molecular flexibility index (Phi) is 7.82. The summed E-state index contributed by atoms with van der Waals surface area (Å²) in [6.45, 7) is 9.50. The molecule has 238 valence electrons. The van der Waals surface area contributed by atoms with Crippen molar-refractivity contribution >= 4 is 59.9 Å². The Balaban J connectivity index is 1.37. The highest BCUT2D eigenvalue weighted by Gasteiger charge is 2.26. The van der Waals surface area contributed by atoms with Gasteiger partial charge in [-0.05, 0) is 112 Å². The molecule has 0 bridgehead atoms. The van der Waals surface area contributed by atoms with Crippen LogP contribution in [0.2, 0.25) is 0 Å². The van der Waals surface area contributed by atoms with Gasteiger partial charge in [0.05, 0.1) is 28.6 Å². The third-order valence-corrected chi connectivity index (χ3v) is 11.5. The van der Waals surface area contributed by atoms with E-state index in [2.05, 4.69) is 30.1 Å². The summed E-state index contributed by atoms with van der Waals surface area (Å²) in [5.74, 6) is 1.20. The normalized spacial score (nSPS) is 14.9. The monoisotopic (exact) mass is 656 g/mol. The molecule has 0 saturated carbocycles. The first-order chi connectivity index (χ1) is 22.2. The van der Waals surface area contributed by atoms with Crippen LogP contribution in [0.1, 0.15) is 48.8 Å². The number of aryl methyl sites for hydroxylation is 2. The van der Waals surface area contributed by atoms with Crippen LogP contribution in [-0.4, -0.2) is 58.4 Å². The van der Waals surface area contributed by atoms with Gasteiger partial charge in [0.1, 0.15) is 10.4 Å². The molecule has 6 aromatic rings. The number of rotatable bonds is 8. The van der Waals surface area contributed by atoms with Gasteiger partial charge in [0.15, 0.2) is 11.3 Å². The van der Waals surface area contributed by atoms with Crippen LogP contribution in [0.25, 0.3) is 26.9 Å². The maximum absolute atomic E-state index is 13.9. The second kappa shape index (κ2) is 11.8. The van der Waals surface area contributed by atoms with Gasteiger partial charge < -0.3 is 15.0 Å². The maximum atomic E-state index is 13.9. The molecule has 1 saturated heterocycles. The number of piperidine rings is 1. The second-order valence-corrected chi connectivity index (χ2v) is 14.7. The highest BCUT2D eigenvalue weighted by molar-refractivity contribution is 7.90. The number of likely N-dealkylation sites (tertiary alicyclic amines) is 1. The Hall–Kier alpha value is -4.26. The number of nitrogens with one attached hydrogen (secondary N) is 1. The fourth-order valence-electron chi connectivity index (χ4n) is 6.55. The van der Waals surface area contributed by atoms with Crippen molar-refractivity contribution in [1.29, 1.82) is 0 Å². The molecule has 7 rings (SSSR count). The van der Waals surface area contributed by atoms with E-state index >= 15 is 0 Å². The summed E-state index contributed by atoms with van der Waals surface area (Å²) in [7, 11) is -2.37. The number of nitrogens with zero attached hydrogens (tertiary/aromatic N) is 5. The molecule has 2 aromatic carbocycles. The van der Waals surface area contributed by atoms with Gasteiger partial charge in [-0.1, -0.05) is 24.6 Å². The summed E-state index contributed by atoms with van der Waals surface area (Å²) in [6.07, 6.45) is 4.80. The van der Waals surface area contributed by atoms with E-state index < -0.39 is 10.0 Å². The van der Waals surface area contributed by atoms with E-state index in [1.54, 1.807) is 43.5 Å². The Bertz CT molecular complexity index is 2260. The van der Waals surface area contributed by atoms with Crippen molar-refractivity contribution in [2.24, 2.45) is 0 Å². The first kappa shape index (κ1) is 30.4. The lowest BCUT2D eigenvalue weighted by molar-refractivity contribution is 0.212. The van der Waals surface area contributed by atoms with Crippen molar-refractivity contribution < 1.29 is 13.2 Å². The zero-order valence-electron chi connectivity index (χ0n) is 26.3. The zero-order valence-corrected chi connectivity index (χ0v) is 27.9. The zero-order chi connectivity index (χ0) is 32.2. The van der Waals surface area contributed by atoms with Gasteiger partial charge in [-0.15, -0.1) is 11.3 Å². The number of methoxy groups -OCH3 is 1. The second-order valence-electron chi connectivity index (χ2n) is 12.0. The SMILES string of the molecule is CCCN1CCC(c2cc(OC)c(Nc3nc4c(ccn4S(=O)(=O)c4ccc(C)cc4)c4nc5ccsc5c(=O)n34)cc2C)CC1. The highest BCUT2D eigenvalue weighted by atomic mass is 32.2. The van der Waals surface area contributed by atoms with Crippen LogP contribution in [0.3, 0.4) is 0 Å². The van der Waals surface area contributed by atoms with Crippen LogP contribution in [0.4, 0.5) is 11.6 Å². The Morgan fingerprint density at radius 1 is 1.02 bits per heavy atom. The van der Waals surface area contributed by atoms with Crippen LogP contribution in [-0.2, 0) is 10.0 Å². The molecule has 1 aliphatic rings. The molecule has 5 heterocycles. The molecule has 46 heavy (non-hydrogen) atoms. The number of fused-ring (bicyclic) bond motifs is 4. The van der Waals surface area contributed by atoms with E-state index in [1.807, 2.05) is 18.4 Å². The highest BCUT2D eigenvalue weighted by Crippen LogP contribution is 2.38. The minimum atomic E-state index is -4.00. The van der Waals surface area contributed by atoms with Gasteiger partial charge in [0.2, 0.25) is 5.95 Å². The Labute approximate surface area is 271 Å². The van der Waals surface area contributed by atoms with E-state index in [1.165, 1.54) is 27.5 Å². The largest absolute Gasteiger partial charge is 0.495 e. The van der Waals surface area contributed by atoms with E-state index in [4.69, 9.17) is 14.7 Å². The van der Waals surface area contributed by atoms with E-state index in [-0.39, 0.29) is 22.1 Å². The molecular weight excluding hydrogens is 621 g/mol. The number of anilines is 2. The summed E-state index contributed by atoms with van der Waals surface area (Å²) in [6, 6.07) is 14.2. The van der Waals surface area contributed by atoms with Crippen molar-refractivity contribution in [3.63, 3.8) is 0 Å². The minimum absolute atomic E-state index is 0.138. The van der Waals surface area contributed by atoms with Gasteiger partial charge in [0.25, 0.3) is 15.6 Å². The van der Waals surface area contributed by atoms with E-state index in [0.717, 1.165) is 54.0 Å². The molecule has 0 amide bonds. The number of ether oxygens (including phenoxy) is 1. The lowest BCUT2D eigenvalue weighted by atomic mass is 9.86. The Morgan fingerprint density at radius 2 is 1.78 bits per heavy atom. The molecule has 12 heteroatoms. The first-order valence-corrected chi connectivity index (χ1v) is 17.8. The van der Waals surface area contributed by atoms with Crippen molar-refractivity contribution in [2.45, 2.75) is 50.8 Å². The van der Waals surface area contributed by atoms with Crippen molar-refractivity contribution in [3.05, 3.63) is 87.2 Å².